The molecule has 0 N–H and O–H groups in total. The number of allylic oxidation sites excluding steroid dienone is 1. The first-order valence-electron chi connectivity index (χ1n) is 8.77. The van der Waals surface area contributed by atoms with Gasteiger partial charge in [0.1, 0.15) is 17.2 Å². The zero-order valence-electron chi connectivity index (χ0n) is 15.7. The lowest BCUT2D eigenvalue weighted by atomic mass is 10.0. The van der Waals surface area contributed by atoms with E-state index in [1.165, 1.54) is 7.11 Å². The average Bonchev–Trinajstić information content (AvgIpc) is 3.01. The molecule has 0 radical (unpaired) electrons. The number of ketones is 1. The molecule has 8 heteroatoms. The summed E-state index contributed by atoms with van der Waals surface area (Å²) in [5, 5.41) is 0.502. The highest BCUT2D eigenvalue weighted by atomic mass is 35.5. The summed E-state index contributed by atoms with van der Waals surface area (Å²) >= 11 is 6.19. The fourth-order valence-electron chi connectivity index (χ4n) is 3.22. The van der Waals surface area contributed by atoms with Gasteiger partial charge in [-0.2, -0.15) is 0 Å². The molecule has 2 aromatic carbocycles. The van der Waals surface area contributed by atoms with E-state index in [2.05, 4.69) is 4.74 Å². The number of hydrogen-bond donors (Lipinski definition) is 0. The van der Waals surface area contributed by atoms with Crippen molar-refractivity contribution in [3.05, 3.63) is 57.3 Å². The van der Waals surface area contributed by atoms with Gasteiger partial charge in [0.05, 0.1) is 19.3 Å². The SMILES string of the molecule is COC(=O)COc1cc(C)c2c(c1)O/C(=C\c1cc(Cl)cc3c1OCOC3)C2=O. The summed E-state index contributed by atoms with van der Waals surface area (Å²) < 4.78 is 26.6. The smallest absolute Gasteiger partial charge is 0.343 e. The van der Waals surface area contributed by atoms with Crippen LogP contribution in [0.15, 0.2) is 30.0 Å². The van der Waals surface area contributed by atoms with E-state index < -0.39 is 5.97 Å². The van der Waals surface area contributed by atoms with Crippen molar-refractivity contribution in [1.29, 1.82) is 0 Å². The number of Topliss-reactive ketones (excluding diaryl/α,β-unsaturated/α-hetero) is 1. The number of methoxy groups -OCH3 is 1. The number of carbonyl (C=O) groups excluding carboxylic acids is 2. The highest BCUT2D eigenvalue weighted by Gasteiger charge is 2.31. The maximum Gasteiger partial charge on any atom is 0.343 e. The van der Waals surface area contributed by atoms with E-state index in [1.807, 2.05) is 0 Å². The van der Waals surface area contributed by atoms with Crippen LogP contribution in [0.1, 0.15) is 27.0 Å². The van der Waals surface area contributed by atoms with Crippen LogP contribution in [0.3, 0.4) is 0 Å². The average molecular weight is 417 g/mol. The fraction of sp³-hybridized carbons (Fsp3) is 0.238. The van der Waals surface area contributed by atoms with Crippen LogP contribution < -0.4 is 14.2 Å². The summed E-state index contributed by atoms with van der Waals surface area (Å²) in [6.07, 6.45) is 1.60. The zero-order valence-corrected chi connectivity index (χ0v) is 16.5. The zero-order chi connectivity index (χ0) is 20.5. The van der Waals surface area contributed by atoms with E-state index >= 15 is 0 Å². The Hall–Kier alpha value is -3.03. The van der Waals surface area contributed by atoms with Crippen LogP contribution in [-0.4, -0.2) is 32.3 Å². The molecule has 0 spiro atoms. The van der Waals surface area contributed by atoms with Gasteiger partial charge in [0, 0.05) is 22.2 Å². The van der Waals surface area contributed by atoms with Crippen LogP contribution >= 0.6 is 11.6 Å². The Labute approximate surface area is 171 Å². The number of carbonyl (C=O) groups is 2. The van der Waals surface area contributed by atoms with Crippen molar-refractivity contribution in [2.24, 2.45) is 0 Å². The first-order chi connectivity index (χ1) is 14.0. The number of ether oxygens (including phenoxy) is 5. The van der Waals surface area contributed by atoms with Crippen LogP contribution in [0, 0.1) is 6.92 Å². The molecule has 4 rings (SSSR count). The Morgan fingerprint density at radius 2 is 2.10 bits per heavy atom. The van der Waals surface area contributed by atoms with Gasteiger partial charge in [0.2, 0.25) is 5.78 Å². The van der Waals surface area contributed by atoms with Gasteiger partial charge in [0.15, 0.2) is 19.2 Å². The number of benzene rings is 2. The molecular formula is C21H17ClO7. The maximum absolute atomic E-state index is 12.9. The summed E-state index contributed by atoms with van der Waals surface area (Å²) in [6.45, 7) is 2.04. The Morgan fingerprint density at radius 3 is 2.90 bits per heavy atom. The number of aryl methyl sites for hydroxylation is 1. The third-order valence-electron chi connectivity index (χ3n) is 4.52. The number of hydrogen-bond acceptors (Lipinski definition) is 7. The van der Waals surface area contributed by atoms with Gasteiger partial charge in [-0.15, -0.1) is 0 Å². The summed E-state index contributed by atoms with van der Waals surface area (Å²) in [5.74, 6) is 0.767. The second kappa shape index (κ2) is 7.77. The number of halogens is 1. The summed E-state index contributed by atoms with van der Waals surface area (Å²) in [5.41, 5.74) is 2.55. The molecule has 0 bridgehead atoms. The minimum absolute atomic E-state index is 0.125. The van der Waals surface area contributed by atoms with Gasteiger partial charge in [-0.1, -0.05) is 11.6 Å². The van der Waals surface area contributed by atoms with Crippen molar-refractivity contribution in [1.82, 2.24) is 0 Å². The van der Waals surface area contributed by atoms with Crippen LogP contribution in [0.4, 0.5) is 0 Å². The first-order valence-corrected chi connectivity index (χ1v) is 9.15. The highest BCUT2D eigenvalue weighted by Crippen LogP contribution is 2.39. The van der Waals surface area contributed by atoms with Crippen LogP contribution in [0.2, 0.25) is 5.02 Å². The predicted octanol–water partition coefficient (Wildman–Crippen LogP) is 3.68. The molecule has 0 unspecified atom stereocenters. The highest BCUT2D eigenvalue weighted by molar-refractivity contribution is 6.31. The van der Waals surface area contributed by atoms with Crippen molar-refractivity contribution in [3.8, 4) is 17.2 Å². The number of rotatable bonds is 4. The van der Waals surface area contributed by atoms with E-state index in [4.69, 9.17) is 30.5 Å². The third-order valence-corrected chi connectivity index (χ3v) is 4.74. The molecule has 0 aromatic heterocycles. The number of esters is 1. The normalized spacial score (nSPS) is 16.0. The van der Waals surface area contributed by atoms with E-state index in [-0.39, 0.29) is 24.9 Å². The van der Waals surface area contributed by atoms with Crippen molar-refractivity contribution < 1.29 is 33.3 Å². The minimum atomic E-state index is -0.504. The van der Waals surface area contributed by atoms with E-state index in [9.17, 15) is 9.59 Å². The van der Waals surface area contributed by atoms with Gasteiger partial charge in [-0.25, -0.2) is 4.79 Å². The van der Waals surface area contributed by atoms with E-state index in [0.29, 0.717) is 45.6 Å². The summed E-state index contributed by atoms with van der Waals surface area (Å²) in [6, 6.07) is 6.71. The Morgan fingerprint density at radius 1 is 1.28 bits per heavy atom. The lowest BCUT2D eigenvalue weighted by molar-refractivity contribution is -0.142. The Kier molecular flexibility index (Phi) is 5.17. The topological polar surface area (TPSA) is 80.3 Å². The molecule has 2 aliphatic rings. The summed E-state index contributed by atoms with van der Waals surface area (Å²) in [7, 11) is 1.28. The molecule has 0 saturated carbocycles. The standard InChI is InChI=1S/C21H17ClO7/c1-11-3-15(27-9-18(23)25-2)7-16-19(11)20(24)17(29-16)6-12-4-14(22)5-13-8-26-10-28-21(12)13/h3-7H,8-10H2,1-2H3/b17-6-. The predicted molar refractivity (Wildman–Crippen MR) is 103 cm³/mol. The molecule has 0 fully saturated rings. The first kappa shape index (κ1) is 19.3. The molecule has 2 aromatic rings. The second-order valence-electron chi connectivity index (χ2n) is 6.51. The summed E-state index contributed by atoms with van der Waals surface area (Å²) in [4.78, 5) is 24.2. The van der Waals surface area contributed by atoms with Crippen LogP contribution in [-0.2, 0) is 20.9 Å². The van der Waals surface area contributed by atoms with Gasteiger partial charge >= 0.3 is 5.97 Å². The molecule has 7 nitrogen and oxygen atoms in total. The van der Waals surface area contributed by atoms with Gasteiger partial charge in [-0.3, -0.25) is 4.79 Å². The van der Waals surface area contributed by atoms with Crippen molar-refractivity contribution in [2.45, 2.75) is 13.5 Å². The van der Waals surface area contributed by atoms with Crippen LogP contribution in [0.25, 0.3) is 6.08 Å². The van der Waals surface area contributed by atoms with Gasteiger partial charge < -0.3 is 23.7 Å². The van der Waals surface area contributed by atoms with Crippen LogP contribution in [0.5, 0.6) is 17.2 Å². The second-order valence-corrected chi connectivity index (χ2v) is 6.95. The molecule has 2 aliphatic heterocycles. The number of fused-ring (bicyclic) bond motifs is 2. The fourth-order valence-corrected chi connectivity index (χ4v) is 3.47. The van der Waals surface area contributed by atoms with Gasteiger partial charge in [-0.05, 0) is 36.8 Å². The van der Waals surface area contributed by atoms with E-state index in [0.717, 1.165) is 5.56 Å². The van der Waals surface area contributed by atoms with E-state index in [1.54, 1.807) is 37.3 Å². The lowest BCUT2D eigenvalue weighted by Gasteiger charge is -2.20. The molecule has 29 heavy (non-hydrogen) atoms. The molecular weight excluding hydrogens is 400 g/mol. The monoisotopic (exact) mass is 416 g/mol. The largest absolute Gasteiger partial charge is 0.482 e. The quantitative estimate of drug-likeness (QED) is 0.555. The van der Waals surface area contributed by atoms with Crippen molar-refractivity contribution in [2.75, 3.05) is 20.5 Å². The molecule has 0 amide bonds. The molecule has 2 heterocycles. The molecule has 0 atom stereocenters. The maximum atomic E-state index is 12.9. The Balaban J connectivity index is 1.66. The third kappa shape index (κ3) is 3.79. The Bertz CT molecular complexity index is 1040. The van der Waals surface area contributed by atoms with Crippen molar-refractivity contribution in [3.63, 3.8) is 0 Å². The van der Waals surface area contributed by atoms with Crippen molar-refractivity contribution >= 4 is 29.4 Å². The molecule has 0 aliphatic carbocycles. The molecule has 150 valence electrons. The minimum Gasteiger partial charge on any atom is -0.482 e. The van der Waals surface area contributed by atoms with Gasteiger partial charge in [0.25, 0.3) is 0 Å². The molecule has 0 saturated heterocycles. The lowest BCUT2D eigenvalue weighted by Crippen LogP contribution is -2.12.